The van der Waals surface area contributed by atoms with Crippen molar-refractivity contribution in [1.82, 2.24) is 15.0 Å². The van der Waals surface area contributed by atoms with Crippen molar-refractivity contribution in [3.63, 3.8) is 0 Å². The van der Waals surface area contributed by atoms with E-state index in [0.717, 1.165) is 18.8 Å². The third-order valence-corrected chi connectivity index (χ3v) is 4.42. The van der Waals surface area contributed by atoms with Gasteiger partial charge in [-0.15, -0.1) is 0 Å². The van der Waals surface area contributed by atoms with Gasteiger partial charge in [0.05, 0.1) is 5.69 Å². The molecule has 19 heavy (non-hydrogen) atoms. The molecule has 2 atom stereocenters. The van der Waals surface area contributed by atoms with Crippen molar-refractivity contribution in [1.29, 1.82) is 0 Å². The van der Waals surface area contributed by atoms with Crippen molar-refractivity contribution in [3.05, 3.63) is 11.8 Å². The number of carbonyl (C=O) groups excluding carboxylic acids is 1. The number of rotatable bonds is 3. The van der Waals surface area contributed by atoms with Gasteiger partial charge in [-0.25, -0.2) is 4.79 Å². The molecule has 0 saturated carbocycles. The smallest absolute Gasteiger partial charge is 0.324 e. The van der Waals surface area contributed by atoms with Crippen molar-refractivity contribution in [2.75, 3.05) is 38.8 Å². The minimum atomic E-state index is -0.125. The maximum atomic E-state index is 12.2. The summed E-state index contributed by atoms with van der Waals surface area (Å²) in [4.78, 5) is 16.1. The van der Waals surface area contributed by atoms with Gasteiger partial charge in [0.2, 0.25) is 5.88 Å². The first-order valence-corrected chi connectivity index (χ1v) is 7.48. The second-order valence-electron chi connectivity index (χ2n) is 4.97. The molecule has 1 aromatic rings. The van der Waals surface area contributed by atoms with Gasteiger partial charge >= 0.3 is 6.03 Å². The fourth-order valence-electron chi connectivity index (χ4n) is 2.26. The van der Waals surface area contributed by atoms with E-state index in [4.69, 9.17) is 4.52 Å². The van der Waals surface area contributed by atoms with Crippen LogP contribution in [0.3, 0.4) is 0 Å². The van der Waals surface area contributed by atoms with Gasteiger partial charge in [0.1, 0.15) is 0 Å². The summed E-state index contributed by atoms with van der Waals surface area (Å²) in [5.41, 5.74) is 0.755. The van der Waals surface area contributed by atoms with E-state index in [0.29, 0.717) is 17.2 Å². The van der Waals surface area contributed by atoms with Crippen molar-refractivity contribution in [3.8, 4) is 0 Å². The molecule has 0 spiro atoms. The SMILES string of the molecule is CS[C@@H]1CN(C(=O)Nc2cc(C)no2)C[C@@H]1N(C)C. The summed E-state index contributed by atoms with van der Waals surface area (Å²) in [7, 11) is 4.10. The number of hydrogen-bond donors (Lipinski definition) is 1. The van der Waals surface area contributed by atoms with Crippen LogP contribution in [-0.2, 0) is 0 Å². The molecular formula is C12H20N4O2S. The second kappa shape index (κ2) is 5.83. The van der Waals surface area contributed by atoms with Crippen molar-refractivity contribution >= 4 is 23.7 Å². The Morgan fingerprint density at radius 1 is 1.58 bits per heavy atom. The number of likely N-dealkylation sites (N-methyl/N-ethyl adjacent to an activating group) is 1. The highest BCUT2D eigenvalue weighted by molar-refractivity contribution is 7.99. The first kappa shape index (κ1) is 14.2. The van der Waals surface area contributed by atoms with Crippen LogP contribution in [0.2, 0.25) is 0 Å². The number of likely N-dealkylation sites (tertiary alicyclic amines) is 1. The fraction of sp³-hybridized carbons (Fsp3) is 0.667. The Labute approximate surface area is 117 Å². The van der Waals surface area contributed by atoms with Gasteiger partial charge in [-0.1, -0.05) is 5.16 Å². The van der Waals surface area contributed by atoms with Crippen LogP contribution < -0.4 is 5.32 Å². The van der Waals surface area contributed by atoms with Crippen molar-refractivity contribution < 1.29 is 9.32 Å². The van der Waals surface area contributed by atoms with Gasteiger partial charge < -0.3 is 14.3 Å². The van der Waals surface area contributed by atoms with Crippen LogP contribution >= 0.6 is 11.8 Å². The largest absolute Gasteiger partial charge is 0.338 e. The molecule has 2 rings (SSSR count). The lowest BCUT2D eigenvalue weighted by Gasteiger charge is -2.23. The molecule has 1 aromatic heterocycles. The summed E-state index contributed by atoms with van der Waals surface area (Å²) >= 11 is 1.80. The summed E-state index contributed by atoms with van der Waals surface area (Å²) in [5, 5.41) is 6.93. The quantitative estimate of drug-likeness (QED) is 0.911. The van der Waals surface area contributed by atoms with Gasteiger partial charge in [0.25, 0.3) is 0 Å². The highest BCUT2D eigenvalue weighted by Gasteiger charge is 2.36. The fourth-order valence-corrected chi connectivity index (χ4v) is 3.23. The first-order valence-electron chi connectivity index (χ1n) is 6.19. The molecule has 0 radical (unpaired) electrons. The monoisotopic (exact) mass is 284 g/mol. The zero-order valence-electron chi connectivity index (χ0n) is 11.7. The molecule has 1 aliphatic rings. The first-order chi connectivity index (χ1) is 9.01. The Morgan fingerprint density at radius 3 is 2.79 bits per heavy atom. The normalized spacial score (nSPS) is 23.1. The molecule has 0 aromatic carbocycles. The highest BCUT2D eigenvalue weighted by atomic mass is 32.2. The third kappa shape index (κ3) is 3.22. The topological polar surface area (TPSA) is 61.6 Å². The third-order valence-electron chi connectivity index (χ3n) is 3.35. The lowest BCUT2D eigenvalue weighted by Crippen LogP contribution is -2.38. The molecule has 2 amide bonds. The number of nitrogens with one attached hydrogen (secondary N) is 1. The number of amides is 2. The highest BCUT2D eigenvalue weighted by Crippen LogP contribution is 2.24. The Morgan fingerprint density at radius 2 is 2.32 bits per heavy atom. The van der Waals surface area contributed by atoms with Crippen LogP contribution in [0.4, 0.5) is 10.7 Å². The molecule has 1 N–H and O–H groups in total. The maximum Gasteiger partial charge on any atom is 0.324 e. The number of anilines is 1. The molecule has 0 aliphatic carbocycles. The Kier molecular flexibility index (Phi) is 4.36. The molecule has 7 heteroatoms. The van der Waals surface area contributed by atoms with Crippen molar-refractivity contribution in [2.45, 2.75) is 18.2 Å². The van der Waals surface area contributed by atoms with E-state index in [-0.39, 0.29) is 6.03 Å². The van der Waals surface area contributed by atoms with Crippen LogP contribution in [0, 0.1) is 6.92 Å². The maximum absolute atomic E-state index is 12.2. The van der Waals surface area contributed by atoms with Crippen LogP contribution in [0.5, 0.6) is 0 Å². The summed E-state index contributed by atoms with van der Waals surface area (Å²) in [6, 6.07) is 1.97. The zero-order valence-corrected chi connectivity index (χ0v) is 12.5. The molecule has 1 aliphatic heterocycles. The van der Waals surface area contributed by atoms with Gasteiger partial charge in [0, 0.05) is 30.4 Å². The lowest BCUT2D eigenvalue weighted by atomic mass is 10.2. The number of thioether (sulfide) groups is 1. The minimum Gasteiger partial charge on any atom is -0.338 e. The molecule has 2 heterocycles. The minimum absolute atomic E-state index is 0.125. The number of hydrogen-bond acceptors (Lipinski definition) is 5. The Bertz CT molecular complexity index is 449. The summed E-state index contributed by atoms with van der Waals surface area (Å²) in [6.45, 7) is 3.31. The number of urea groups is 1. The van der Waals surface area contributed by atoms with Crippen LogP contribution in [0.25, 0.3) is 0 Å². The average molecular weight is 284 g/mol. The second-order valence-corrected chi connectivity index (χ2v) is 6.05. The molecule has 106 valence electrons. The van der Waals surface area contributed by atoms with Crippen LogP contribution in [-0.4, -0.2) is 65.7 Å². The van der Waals surface area contributed by atoms with Gasteiger partial charge in [-0.2, -0.15) is 11.8 Å². The van der Waals surface area contributed by atoms with Crippen molar-refractivity contribution in [2.24, 2.45) is 0 Å². The predicted octanol–water partition coefficient (Wildman–Crippen LogP) is 1.49. The average Bonchev–Trinajstić information content (AvgIpc) is 2.95. The Hall–Kier alpha value is -1.21. The van der Waals surface area contributed by atoms with E-state index in [1.165, 1.54) is 0 Å². The molecule has 1 fully saturated rings. The lowest BCUT2D eigenvalue weighted by molar-refractivity contribution is 0.215. The number of carbonyl (C=O) groups is 1. The number of aromatic nitrogens is 1. The van der Waals surface area contributed by atoms with E-state index in [2.05, 4.69) is 35.7 Å². The number of nitrogens with zero attached hydrogens (tertiary/aromatic N) is 3. The van der Waals surface area contributed by atoms with Gasteiger partial charge in [-0.05, 0) is 27.3 Å². The van der Waals surface area contributed by atoms with E-state index >= 15 is 0 Å². The van der Waals surface area contributed by atoms with Crippen LogP contribution in [0.1, 0.15) is 5.69 Å². The zero-order chi connectivity index (χ0) is 14.0. The molecule has 0 unspecified atom stereocenters. The molecular weight excluding hydrogens is 264 g/mol. The van der Waals surface area contributed by atoms with E-state index in [1.807, 2.05) is 11.8 Å². The van der Waals surface area contributed by atoms with E-state index < -0.39 is 0 Å². The summed E-state index contributed by atoms with van der Waals surface area (Å²) in [6.07, 6.45) is 2.09. The Balaban J connectivity index is 1.97. The summed E-state index contributed by atoms with van der Waals surface area (Å²) < 4.78 is 5.00. The molecule has 0 bridgehead atoms. The predicted molar refractivity (Wildman–Crippen MR) is 76.6 cm³/mol. The van der Waals surface area contributed by atoms with E-state index in [9.17, 15) is 4.79 Å². The van der Waals surface area contributed by atoms with Crippen LogP contribution in [0.15, 0.2) is 10.6 Å². The van der Waals surface area contributed by atoms with Gasteiger partial charge in [-0.3, -0.25) is 5.32 Å². The van der Waals surface area contributed by atoms with Gasteiger partial charge in [0.15, 0.2) is 0 Å². The molecule has 6 nitrogen and oxygen atoms in total. The number of aryl methyl sites for hydroxylation is 1. The standard InChI is InChI=1S/C12H20N4O2S/c1-8-5-11(18-14-8)13-12(17)16-6-9(15(2)3)10(7-16)19-4/h5,9-10H,6-7H2,1-4H3,(H,13,17)/t9-,10+/m0/s1. The summed E-state index contributed by atoms with van der Waals surface area (Å²) in [5.74, 6) is 0.400. The molecule has 1 saturated heterocycles. The van der Waals surface area contributed by atoms with E-state index in [1.54, 1.807) is 17.8 Å².